The molecule has 0 saturated carbocycles. The van der Waals surface area contributed by atoms with Gasteiger partial charge in [0.25, 0.3) is 0 Å². The standard InChI is InChI=1S/C18H25N3/c1-2-14-6-5-10-21(11-9-14)18-16(13-19)12-15-7-3-4-8-17(15)20-18/h12,14H,2-11H2,1H3. The van der Waals surface area contributed by atoms with Gasteiger partial charge in [-0.3, -0.25) is 0 Å². The van der Waals surface area contributed by atoms with Crippen molar-refractivity contribution in [1.82, 2.24) is 4.98 Å². The summed E-state index contributed by atoms with van der Waals surface area (Å²) in [7, 11) is 0. The second kappa shape index (κ2) is 6.47. The monoisotopic (exact) mass is 283 g/mol. The largest absolute Gasteiger partial charge is 0.356 e. The van der Waals surface area contributed by atoms with Crippen LogP contribution in [-0.4, -0.2) is 18.1 Å². The van der Waals surface area contributed by atoms with Crippen molar-refractivity contribution in [3.8, 4) is 6.07 Å². The van der Waals surface area contributed by atoms with Crippen LogP contribution in [0.3, 0.4) is 0 Å². The number of hydrogen-bond acceptors (Lipinski definition) is 3. The zero-order valence-electron chi connectivity index (χ0n) is 13.1. The maximum Gasteiger partial charge on any atom is 0.146 e. The van der Waals surface area contributed by atoms with Gasteiger partial charge in [0.15, 0.2) is 0 Å². The van der Waals surface area contributed by atoms with E-state index in [1.165, 1.54) is 49.8 Å². The quantitative estimate of drug-likeness (QED) is 0.827. The van der Waals surface area contributed by atoms with Gasteiger partial charge in [0.05, 0.1) is 5.56 Å². The third-order valence-electron chi connectivity index (χ3n) is 5.13. The van der Waals surface area contributed by atoms with E-state index in [0.29, 0.717) is 0 Å². The number of aromatic nitrogens is 1. The Labute approximate surface area is 128 Å². The number of hydrogen-bond donors (Lipinski definition) is 0. The fourth-order valence-corrected chi connectivity index (χ4v) is 3.73. The molecule has 1 aliphatic carbocycles. The van der Waals surface area contributed by atoms with Crippen molar-refractivity contribution in [3.05, 3.63) is 22.9 Å². The number of fused-ring (bicyclic) bond motifs is 1. The first-order valence-electron chi connectivity index (χ1n) is 8.49. The molecule has 1 unspecified atom stereocenters. The smallest absolute Gasteiger partial charge is 0.146 e. The van der Waals surface area contributed by atoms with Crippen LogP contribution < -0.4 is 4.90 Å². The normalized spacial score (nSPS) is 22.3. The van der Waals surface area contributed by atoms with E-state index in [-0.39, 0.29) is 0 Å². The average Bonchev–Trinajstić information content (AvgIpc) is 2.79. The molecule has 0 aromatic carbocycles. The summed E-state index contributed by atoms with van der Waals surface area (Å²) in [5.74, 6) is 1.80. The first kappa shape index (κ1) is 14.4. The van der Waals surface area contributed by atoms with Crippen molar-refractivity contribution in [2.45, 2.75) is 58.3 Å². The van der Waals surface area contributed by atoms with Gasteiger partial charge in [-0.15, -0.1) is 0 Å². The minimum Gasteiger partial charge on any atom is -0.356 e. The van der Waals surface area contributed by atoms with Crippen LogP contribution >= 0.6 is 0 Å². The molecule has 1 aromatic rings. The van der Waals surface area contributed by atoms with Gasteiger partial charge in [-0.1, -0.05) is 13.3 Å². The van der Waals surface area contributed by atoms with Crippen LogP contribution in [0.1, 0.15) is 62.3 Å². The summed E-state index contributed by atoms with van der Waals surface area (Å²) < 4.78 is 0. The highest BCUT2D eigenvalue weighted by Gasteiger charge is 2.22. The van der Waals surface area contributed by atoms with E-state index in [1.54, 1.807) is 0 Å². The third kappa shape index (κ3) is 3.05. The summed E-state index contributed by atoms with van der Waals surface area (Å²) in [4.78, 5) is 7.27. The minimum absolute atomic E-state index is 0.783. The van der Waals surface area contributed by atoms with E-state index in [4.69, 9.17) is 4.98 Å². The minimum atomic E-state index is 0.783. The molecule has 3 heteroatoms. The molecular weight excluding hydrogens is 258 g/mol. The highest BCUT2D eigenvalue weighted by Crippen LogP contribution is 2.29. The maximum atomic E-state index is 9.50. The van der Waals surface area contributed by atoms with Gasteiger partial charge in [0.2, 0.25) is 0 Å². The Balaban J connectivity index is 1.88. The zero-order valence-corrected chi connectivity index (χ0v) is 13.1. The Morgan fingerprint density at radius 1 is 1.24 bits per heavy atom. The lowest BCUT2D eigenvalue weighted by molar-refractivity contribution is 0.459. The molecule has 0 amide bonds. The van der Waals surface area contributed by atoms with E-state index in [0.717, 1.165) is 43.2 Å². The van der Waals surface area contributed by atoms with E-state index in [1.807, 2.05) is 0 Å². The molecule has 112 valence electrons. The third-order valence-corrected chi connectivity index (χ3v) is 5.13. The molecule has 1 aliphatic heterocycles. The SMILES string of the molecule is CCC1CCCN(c2nc3c(cc2C#N)CCCC3)CC1. The van der Waals surface area contributed by atoms with Gasteiger partial charge in [-0.05, 0) is 62.5 Å². The van der Waals surface area contributed by atoms with Crippen LogP contribution in [0.5, 0.6) is 0 Å². The predicted octanol–water partition coefficient (Wildman–Crippen LogP) is 3.85. The number of rotatable bonds is 2. The summed E-state index contributed by atoms with van der Waals surface area (Å²) >= 11 is 0. The summed E-state index contributed by atoms with van der Waals surface area (Å²) in [6.45, 7) is 4.40. The Morgan fingerprint density at radius 2 is 2.10 bits per heavy atom. The van der Waals surface area contributed by atoms with E-state index in [9.17, 15) is 5.26 Å². The van der Waals surface area contributed by atoms with Crippen LogP contribution in [0.4, 0.5) is 5.82 Å². The fourth-order valence-electron chi connectivity index (χ4n) is 3.73. The van der Waals surface area contributed by atoms with Crippen LogP contribution in [0.15, 0.2) is 6.07 Å². The molecule has 1 atom stereocenters. The number of aryl methyl sites for hydroxylation is 2. The second-order valence-corrected chi connectivity index (χ2v) is 6.48. The molecule has 0 bridgehead atoms. The lowest BCUT2D eigenvalue weighted by Crippen LogP contribution is -2.27. The van der Waals surface area contributed by atoms with Gasteiger partial charge in [-0.25, -0.2) is 4.98 Å². The van der Waals surface area contributed by atoms with E-state index in [2.05, 4.69) is 24.0 Å². The van der Waals surface area contributed by atoms with Crippen LogP contribution in [0, 0.1) is 17.2 Å². The van der Waals surface area contributed by atoms with Crippen molar-refractivity contribution in [1.29, 1.82) is 5.26 Å². The van der Waals surface area contributed by atoms with Crippen molar-refractivity contribution in [2.24, 2.45) is 5.92 Å². The first-order chi connectivity index (χ1) is 10.3. The van der Waals surface area contributed by atoms with Gasteiger partial charge in [0.1, 0.15) is 11.9 Å². The molecule has 21 heavy (non-hydrogen) atoms. The predicted molar refractivity (Wildman–Crippen MR) is 85.4 cm³/mol. The van der Waals surface area contributed by atoms with Crippen molar-refractivity contribution in [2.75, 3.05) is 18.0 Å². The molecule has 2 aliphatic rings. The average molecular weight is 283 g/mol. The van der Waals surface area contributed by atoms with Crippen LogP contribution in [0.25, 0.3) is 0 Å². The van der Waals surface area contributed by atoms with Crippen LogP contribution in [0.2, 0.25) is 0 Å². The summed E-state index contributed by atoms with van der Waals surface area (Å²) in [5, 5.41) is 9.50. The number of pyridine rings is 1. The molecule has 3 rings (SSSR count). The first-order valence-corrected chi connectivity index (χ1v) is 8.49. The Bertz CT molecular complexity index is 544. The molecular formula is C18H25N3. The number of anilines is 1. The number of nitriles is 1. The molecule has 0 spiro atoms. The topological polar surface area (TPSA) is 39.9 Å². The highest BCUT2D eigenvalue weighted by molar-refractivity contribution is 5.56. The lowest BCUT2D eigenvalue weighted by atomic mass is 9.95. The van der Waals surface area contributed by atoms with E-state index >= 15 is 0 Å². The van der Waals surface area contributed by atoms with E-state index < -0.39 is 0 Å². The van der Waals surface area contributed by atoms with Crippen molar-refractivity contribution >= 4 is 5.82 Å². The Morgan fingerprint density at radius 3 is 2.90 bits per heavy atom. The van der Waals surface area contributed by atoms with Gasteiger partial charge in [-0.2, -0.15) is 5.26 Å². The highest BCUT2D eigenvalue weighted by atomic mass is 15.2. The molecule has 2 heterocycles. The van der Waals surface area contributed by atoms with Gasteiger partial charge >= 0.3 is 0 Å². The zero-order chi connectivity index (χ0) is 14.7. The maximum absolute atomic E-state index is 9.50. The molecule has 1 saturated heterocycles. The molecule has 1 aromatic heterocycles. The molecule has 0 N–H and O–H groups in total. The Hall–Kier alpha value is -1.56. The van der Waals surface area contributed by atoms with Crippen molar-refractivity contribution < 1.29 is 0 Å². The lowest BCUT2D eigenvalue weighted by Gasteiger charge is -2.25. The second-order valence-electron chi connectivity index (χ2n) is 6.48. The van der Waals surface area contributed by atoms with Gasteiger partial charge < -0.3 is 4.90 Å². The number of nitrogens with zero attached hydrogens (tertiary/aromatic N) is 3. The van der Waals surface area contributed by atoms with Crippen LogP contribution in [-0.2, 0) is 12.8 Å². The molecule has 0 radical (unpaired) electrons. The molecule has 3 nitrogen and oxygen atoms in total. The summed E-state index contributed by atoms with van der Waals surface area (Å²) in [5.41, 5.74) is 3.33. The fraction of sp³-hybridized carbons (Fsp3) is 0.667. The summed E-state index contributed by atoms with van der Waals surface area (Å²) in [6.07, 6.45) is 9.71. The van der Waals surface area contributed by atoms with Crippen molar-refractivity contribution in [3.63, 3.8) is 0 Å². The van der Waals surface area contributed by atoms with Gasteiger partial charge in [0, 0.05) is 18.8 Å². The summed E-state index contributed by atoms with van der Waals surface area (Å²) in [6, 6.07) is 4.49. The Kier molecular flexibility index (Phi) is 4.43. The molecule has 1 fully saturated rings.